The number of carbonyl (C=O) groups excluding carboxylic acids is 2. The number of ether oxygens (including phenoxy) is 3. The van der Waals surface area contributed by atoms with Crippen molar-refractivity contribution >= 4 is 34.1 Å². The topological polar surface area (TPSA) is 86.8 Å². The van der Waals surface area contributed by atoms with Gasteiger partial charge in [0.15, 0.2) is 16.1 Å². The molecule has 3 atom stereocenters. The fourth-order valence-electron chi connectivity index (χ4n) is 3.75. The molecule has 0 aliphatic carbocycles. The van der Waals surface area contributed by atoms with Gasteiger partial charge in [-0.15, -0.1) is 11.3 Å². The van der Waals surface area contributed by atoms with Crippen LogP contribution in [0.4, 0.5) is 10.8 Å². The van der Waals surface area contributed by atoms with Crippen LogP contribution in [0.25, 0.3) is 0 Å². The van der Waals surface area contributed by atoms with Crippen molar-refractivity contribution < 1.29 is 23.8 Å². The summed E-state index contributed by atoms with van der Waals surface area (Å²) in [5, 5.41) is 5.73. The fraction of sp³-hybridized carbons (Fsp3) is 0.421. The molecular formula is C19H20N2O5S. The van der Waals surface area contributed by atoms with Crippen LogP contribution in [0.5, 0.6) is 5.75 Å². The van der Waals surface area contributed by atoms with Crippen LogP contribution in [0.1, 0.15) is 32.4 Å². The van der Waals surface area contributed by atoms with E-state index in [-0.39, 0.29) is 12.5 Å². The third-order valence-electron chi connectivity index (χ3n) is 5.05. The summed E-state index contributed by atoms with van der Waals surface area (Å²) in [6.45, 7) is 3.58. The molecule has 142 valence electrons. The minimum atomic E-state index is -1.21. The summed E-state index contributed by atoms with van der Waals surface area (Å²) in [5.41, 5.74) is -0.702. The van der Waals surface area contributed by atoms with Crippen molar-refractivity contribution in [3.05, 3.63) is 35.3 Å². The first-order valence-electron chi connectivity index (χ1n) is 8.66. The molecular weight excluding hydrogens is 368 g/mol. The Morgan fingerprint density at radius 1 is 1.33 bits per heavy atom. The van der Waals surface area contributed by atoms with Crippen LogP contribution in [0.3, 0.4) is 0 Å². The summed E-state index contributed by atoms with van der Waals surface area (Å²) < 4.78 is 16.1. The van der Waals surface area contributed by atoms with Crippen LogP contribution in [0, 0.1) is 5.41 Å². The second-order valence-electron chi connectivity index (χ2n) is 7.19. The van der Waals surface area contributed by atoms with Crippen LogP contribution in [-0.4, -0.2) is 30.1 Å². The summed E-state index contributed by atoms with van der Waals surface area (Å²) >= 11 is 1.41. The van der Waals surface area contributed by atoms with Crippen molar-refractivity contribution in [2.24, 2.45) is 5.41 Å². The second-order valence-corrected chi connectivity index (χ2v) is 8.05. The molecule has 2 saturated heterocycles. The second kappa shape index (κ2) is 6.23. The minimum Gasteiger partial charge on any atom is -0.497 e. The van der Waals surface area contributed by atoms with Gasteiger partial charge in [-0.2, -0.15) is 0 Å². The number of nitrogens with one attached hydrogen (secondary N) is 1. The number of esters is 2. The Kier molecular flexibility index (Phi) is 4.10. The van der Waals surface area contributed by atoms with Gasteiger partial charge in [0.2, 0.25) is 0 Å². The number of cyclic esters (lactones) is 2. The zero-order valence-electron chi connectivity index (χ0n) is 15.3. The zero-order valence-corrected chi connectivity index (χ0v) is 16.1. The van der Waals surface area contributed by atoms with Gasteiger partial charge in [-0.1, -0.05) is 6.07 Å². The molecule has 1 N–H and O–H groups in total. The molecule has 0 saturated carbocycles. The lowest BCUT2D eigenvalue weighted by atomic mass is 9.78. The van der Waals surface area contributed by atoms with Gasteiger partial charge in [-0.3, -0.25) is 9.59 Å². The molecule has 0 radical (unpaired) electrons. The molecule has 0 amide bonds. The third kappa shape index (κ3) is 2.93. The van der Waals surface area contributed by atoms with Crippen molar-refractivity contribution in [1.82, 2.24) is 4.98 Å². The maximum Gasteiger partial charge on any atom is 0.324 e. The monoisotopic (exact) mass is 388 g/mol. The smallest absolute Gasteiger partial charge is 0.324 e. The average molecular weight is 388 g/mol. The van der Waals surface area contributed by atoms with E-state index in [4.69, 9.17) is 14.2 Å². The number of carbonyl (C=O) groups is 2. The van der Waals surface area contributed by atoms with Crippen LogP contribution in [0.2, 0.25) is 0 Å². The van der Waals surface area contributed by atoms with E-state index in [2.05, 4.69) is 10.3 Å². The maximum atomic E-state index is 12.5. The first-order valence-corrected chi connectivity index (χ1v) is 9.54. The zero-order chi connectivity index (χ0) is 19.2. The standard InChI is InChI=1S/C19H20N2O5S/c1-11-8-19(15(22)25-11)10-18(2,26-16(19)23)14-9-27-17(21-14)20-12-5-4-6-13(7-12)24-3/h4-7,9,11H,8,10H2,1-3H3,(H,20,21)/t11-,18+,19+/m0/s1. The van der Waals surface area contributed by atoms with Crippen LogP contribution < -0.4 is 10.1 Å². The molecule has 27 heavy (non-hydrogen) atoms. The molecule has 2 aliphatic heterocycles. The molecule has 7 nitrogen and oxygen atoms in total. The van der Waals surface area contributed by atoms with E-state index in [1.54, 1.807) is 21.0 Å². The van der Waals surface area contributed by atoms with E-state index in [0.29, 0.717) is 17.2 Å². The number of methoxy groups -OCH3 is 1. The summed E-state index contributed by atoms with van der Waals surface area (Å²) in [5.74, 6) is -0.271. The van der Waals surface area contributed by atoms with Crippen molar-refractivity contribution in [3.8, 4) is 5.75 Å². The molecule has 0 unspecified atom stereocenters. The van der Waals surface area contributed by atoms with Gasteiger partial charge in [-0.05, 0) is 26.0 Å². The predicted molar refractivity (Wildman–Crippen MR) is 99.1 cm³/mol. The predicted octanol–water partition coefficient (Wildman–Crippen LogP) is 3.38. The molecule has 4 rings (SSSR count). The van der Waals surface area contributed by atoms with Crippen LogP contribution in [0.15, 0.2) is 29.6 Å². The average Bonchev–Trinajstić information content (AvgIpc) is 3.27. The number of anilines is 2. The van der Waals surface area contributed by atoms with Gasteiger partial charge in [0.1, 0.15) is 11.9 Å². The lowest BCUT2D eigenvalue weighted by molar-refractivity contribution is -0.160. The molecule has 2 aromatic rings. The molecule has 1 aromatic carbocycles. The van der Waals surface area contributed by atoms with Gasteiger partial charge in [0.05, 0.1) is 12.8 Å². The van der Waals surface area contributed by atoms with E-state index in [1.807, 2.05) is 29.6 Å². The minimum absolute atomic E-state index is 0.240. The Balaban J connectivity index is 1.56. The van der Waals surface area contributed by atoms with Gasteiger partial charge in [-0.25, -0.2) is 4.98 Å². The van der Waals surface area contributed by atoms with Gasteiger partial charge in [0, 0.05) is 30.0 Å². The Bertz CT molecular complexity index is 913. The largest absolute Gasteiger partial charge is 0.497 e. The molecule has 1 spiro atoms. The lowest BCUT2D eigenvalue weighted by Gasteiger charge is -2.20. The van der Waals surface area contributed by atoms with E-state index in [0.717, 1.165) is 11.4 Å². The summed E-state index contributed by atoms with van der Waals surface area (Å²) in [6.07, 6.45) is 0.303. The highest BCUT2D eigenvalue weighted by atomic mass is 32.1. The Hall–Kier alpha value is -2.61. The van der Waals surface area contributed by atoms with Crippen molar-refractivity contribution in [3.63, 3.8) is 0 Å². The first-order chi connectivity index (χ1) is 12.8. The number of hydrogen-bond acceptors (Lipinski definition) is 8. The fourth-order valence-corrected chi connectivity index (χ4v) is 4.60. The highest BCUT2D eigenvalue weighted by Crippen LogP contribution is 2.52. The van der Waals surface area contributed by atoms with Crippen molar-refractivity contribution in [2.75, 3.05) is 12.4 Å². The number of hydrogen-bond donors (Lipinski definition) is 1. The molecule has 2 aliphatic rings. The van der Waals surface area contributed by atoms with Crippen molar-refractivity contribution in [2.45, 2.75) is 38.4 Å². The highest BCUT2D eigenvalue weighted by Gasteiger charge is 2.65. The van der Waals surface area contributed by atoms with Crippen molar-refractivity contribution in [1.29, 1.82) is 0 Å². The Morgan fingerprint density at radius 2 is 2.15 bits per heavy atom. The molecule has 3 heterocycles. The van der Waals surface area contributed by atoms with E-state index >= 15 is 0 Å². The number of nitrogens with zero attached hydrogens (tertiary/aromatic N) is 1. The number of thiazole rings is 1. The summed E-state index contributed by atoms with van der Waals surface area (Å²) in [6, 6.07) is 7.51. The summed E-state index contributed by atoms with van der Waals surface area (Å²) in [7, 11) is 1.61. The number of rotatable bonds is 4. The van der Waals surface area contributed by atoms with Gasteiger partial charge < -0.3 is 19.5 Å². The Morgan fingerprint density at radius 3 is 2.85 bits per heavy atom. The molecule has 0 bridgehead atoms. The normalized spacial score (nSPS) is 29.7. The molecule has 1 aromatic heterocycles. The summed E-state index contributed by atoms with van der Waals surface area (Å²) in [4.78, 5) is 29.4. The molecule has 8 heteroatoms. The Labute approximate surface area is 160 Å². The highest BCUT2D eigenvalue weighted by molar-refractivity contribution is 7.13. The van der Waals surface area contributed by atoms with Gasteiger partial charge in [0.25, 0.3) is 0 Å². The SMILES string of the molecule is COc1cccc(Nc2nc([C@@]3(C)C[C@@]4(C[C@H](C)OC4=O)C(=O)O3)cs2)c1. The van der Waals surface area contributed by atoms with E-state index < -0.39 is 23.0 Å². The molecule has 2 fully saturated rings. The van der Waals surface area contributed by atoms with Crippen LogP contribution in [-0.2, 0) is 24.7 Å². The quantitative estimate of drug-likeness (QED) is 0.635. The van der Waals surface area contributed by atoms with Gasteiger partial charge >= 0.3 is 11.9 Å². The maximum absolute atomic E-state index is 12.5. The van der Waals surface area contributed by atoms with E-state index in [9.17, 15) is 9.59 Å². The van der Waals surface area contributed by atoms with E-state index in [1.165, 1.54) is 11.3 Å². The third-order valence-corrected chi connectivity index (χ3v) is 5.81. The first kappa shape index (κ1) is 17.8. The lowest BCUT2D eigenvalue weighted by Crippen LogP contribution is -2.31. The number of aromatic nitrogens is 1. The number of benzene rings is 1. The van der Waals surface area contributed by atoms with Crippen LogP contribution >= 0.6 is 11.3 Å².